The molecule has 0 saturated carbocycles. The Balaban J connectivity index is 1.95. The summed E-state index contributed by atoms with van der Waals surface area (Å²) in [7, 11) is 1.50. The molecule has 0 amide bonds. The number of aromatic nitrogens is 1. The van der Waals surface area contributed by atoms with Crippen LogP contribution in [0.1, 0.15) is 15.9 Å². The first kappa shape index (κ1) is 13.9. The Morgan fingerprint density at radius 3 is 2.70 bits per heavy atom. The molecular formula is C15H16N2O3. The summed E-state index contributed by atoms with van der Waals surface area (Å²) in [5, 5.41) is 0. The molecule has 0 spiro atoms. The Morgan fingerprint density at radius 2 is 2.00 bits per heavy atom. The van der Waals surface area contributed by atoms with Gasteiger partial charge in [-0.2, -0.15) is 0 Å². The summed E-state index contributed by atoms with van der Waals surface area (Å²) in [6.45, 7) is 0.291. The van der Waals surface area contributed by atoms with Crippen molar-refractivity contribution in [3.63, 3.8) is 0 Å². The standard InChI is InChI=1S/C15H16N2O3/c1-19-13-4-2-3-12(14(13)16)15(18)20-10-7-11-5-8-17-9-6-11/h2-6,8-9H,7,10,16H2,1H3. The lowest BCUT2D eigenvalue weighted by Crippen LogP contribution is -2.11. The van der Waals surface area contributed by atoms with Crippen molar-refractivity contribution in [1.29, 1.82) is 0 Å². The largest absolute Gasteiger partial charge is 0.495 e. The average molecular weight is 272 g/mol. The van der Waals surface area contributed by atoms with Gasteiger partial charge in [0.25, 0.3) is 0 Å². The highest BCUT2D eigenvalue weighted by atomic mass is 16.5. The van der Waals surface area contributed by atoms with Gasteiger partial charge >= 0.3 is 5.97 Å². The fraction of sp³-hybridized carbons (Fsp3) is 0.200. The molecular weight excluding hydrogens is 256 g/mol. The topological polar surface area (TPSA) is 74.4 Å². The Bertz CT molecular complexity index is 585. The third kappa shape index (κ3) is 3.26. The molecule has 0 saturated heterocycles. The number of carbonyl (C=O) groups is 1. The second-order valence-electron chi connectivity index (χ2n) is 4.16. The van der Waals surface area contributed by atoms with Crippen LogP contribution >= 0.6 is 0 Å². The molecule has 0 atom stereocenters. The molecule has 0 radical (unpaired) electrons. The Morgan fingerprint density at radius 1 is 1.25 bits per heavy atom. The molecule has 0 bridgehead atoms. The molecule has 1 aromatic carbocycles. The Labute approximate surface area is 117 Å². The Kier molecular flexibility index (Phi) is 4.55. The summed E-state index contributed by atoms with van der Waals surface area (Å²) < 4.78 is 10.3. The van der Waals surface area contributed by atoms with Gasteiger partial charge in [-0.3, -0.25) is 4.98 Å². The molecule has 1 aromatic heterocycles. The van der Waals surface area contributed by atoms with Crippen LogP contribution in [-0.2, 0) is 11.2 Å². The minimum absolute atomic E-state index is 0.291. The van der Waals surface area contributed by atoms with Crippen LogP contribution in [0.25, 0.3) is 0 Å². The van der Waals surface area contributed by atoms with Crippen molar-refractivity contribution < 1.29 is 14.3 Å². The van der Waals surface area contributed by atoms with E-state index >= 15 is 0 Å². The fourth-order valence-electron chi connectivity index (χ4n) is 1.79. The van der Waals surface area contributed by atoms with Gasteiger partial charge < -0.3 is 15.2 Å². The predicted octanol–water partition coefficient (Wildman–Crippen LogP) is 2.07. The lowest BCUT2D eigenvalue weighted by atomic mass is 10.1. The van der Waals surface area contributed by atoms with Crippen molar-refractivity contribution in [2.45, 2.75) is 6.42 Å². The summed E-state index contributed by atoms with van der Waals surface area (Å²) >= 11 is 0. The van der Waals surface area contributed by atoms with E-state index in [-0.39, 0.29) is 0 Å². The normalized spacial score (nSPS) is 10.1. The zero-order valence-corrected chi connectivity index (χ0v) is 11.2. The molecule has 2 aromatic rings. The number of ether oxygens (including phenoxy) is 2. The first-order chi connectivity index (χ1) is 9.72. The zero-order valence-electron chi connectivity index (χ0n) is 11.2. The van der Waals surface area contributed by atoms with Crippen LogP contribution in [0.2, 0.25) is 0 Å². The van der Waals surface area contributed by atoms with E-state index in [0.29, 0.717) is 30.0 Å². The highest BCUT2D eigenvalue weighted by Gasteiger charge is 2.14. The molecule has 0 aliphatic heterocycles. The first-order valence-electron chi connectivity index (χ1n) is 6.21. The van der Waals surface area contributed by atoms with Gasteiger partial charge in [0.1, 0.15) is 5.75 Å². The second-order valence-corrected chi connectivity index (χ2v) is 4.16. The summed E-state index contributed by atoms with van der Waals surface area (Å²) in [5.41, 5.74) is 7.52. The molecule has 5 heteroatoms. The van der Waals surface area contributed by atoms with Crippen LogP contribution in [0.4, 0.5) is 5.69 Å². The van der Waals surface area contributed by atoms with E-state index in [4.69, 9.17) is 15.2 Å². The van der Waals surface area contributed by atoms with Crippen molar-refractivity contribution in [2.75, 3.05) is 19.5 Å². The number of nitrogens with zero attached hydrogens (tertiary/aromatic N) is 1. The van der Waals surface area contributed by atoms with Gasteiger partial charge in [0.15, 0.2) is 0 Å². The number of benzene rings is 1. The maximum absolute atomic E-state index is 12.0. The van der Waals surface area contributed by atoms with Crippen LogP contribution < -0.4 is 10.5 Å². The van der Waals surface area contributed by atoms with Crippen LogP contribution in [0.3, 0.4) is 0 Å². The molecule has 0 fully saturated rings. The molecule has 0 unspecified atom stereocenters. The second kappa shape index (κ2) is 6.56. The molecule has 0 aliphatic carbocycles. The first-order valence-corrected chi connectivity index (χ1v) is 6.21. The average Bonchev–Trinajstić information content (AvgIpc) is 2.48. The van der Waals surface area contributed by atoms with Crippen LogP contribution in [0, 0.1) is 0 Å². The van der Waals surface area contributed by atoms with Crippen LogP contribution in [0.15, 0.2) is 42.7 Å². The van der Waals surface area contributed by atoms with Crippen molar-refractivity contribution >= 4 is 11.7 Å². The molecule has 2 N–H and O–H groups in total. The molecule has 0 aliphatic rings. The summed E-state index contributed by atoms with van der Waals surface area (Å²) in [6.07, 6.45) is 4.05. The molecule has 104 valence electrons. The number of pyridine rings is 1. The summed E-state index contributed by atoms with van der Waals surface area (Å²) in [4.78, 5) is 15.9. The smallest absolute Gasteiger partial charge is 0.340 e. The predicted molar refractivity (Wildman–Crippen MR) is 75.6 cm³/mol. The highest BCUT2D eigenvalue weighted by Crippen LogP contribution is 2.25. The molecule has 2 rings (SSSR count). The minimum Gasteiger partial charge on any atom is -0.495 e. The van der Waals surface area contributed by atoms with E-state index < -0.39 is 5.97 Å². The minimum atomic E-state index is -0.449. The highest BCUT2D eigenvalue weighted by molar-refractivity contribution is 5.96. The molecule has 1 heterocycles. The maximum Gasteiger partial charge on any atom is 0.340 e. The van der Waals surface area contributed by atoms with Gasteiger partial charge in [-0.05, 0) is 29.8 Å². The summed E-state index contributed by atoms with van der Waals surface area (Å²) in [5.74, 6) is 0.0176. The third-order valence-electron chi connectivity index (χ3n) is 2.88. The van der Waals surface area contributed by atoms with Crippen molar-refractivity contribution in [3.8, 4) is 5.75 Å². The van der Waals surface area contributed by atoms with E-state index in [1.54, 1.807) is 30.6 Å². The van der Waals surface area contributed by atoms with Crippen LogP contribution in [0.5, 0.6) is 5.75 Å². The van der Waals surface area contributed by atoms with Gasteiger partial charge in [-0.15, -0.1) is 0 Å². The van der Waals surface area contributed by atoms with Crippen molar-refractivity contribution in [2.24, 2.45) is 0 Å². The number of methoxy groups -OCH3 is 1. The number of hydrogen-bond acceptors (Lipinski definition) is 5. The number of esters is 1. The fourth-order valence-corrected chi connectivity index (χ4v) is 1.79. The van der Waals surface area contributed by atoms with Crippen molar-refractivity contribution in [1.82, 2.24) is 4.98 Å². The number of hydrogen-bond donors (Lipinski definition) is 1. The van der Waals surface area contributed by atoms with E-state index in [2.05, 4.69) is 4.98 Å². The van der Waals surface area contributed by atoms with E-state index in [1.807, 2.05) is 12.1 Å². The number of carbonyl (C=O) groups excluding carboxylic acids is 1. The SMILES string of the molecule is COc1cccc(C(=O)OCCc2ccncc2)c1N. The number of para-hydroxylation sites is 1. The van der Waals surface area contributed by atoms with E-state index in [9.17, 15) is 4.79 Å². The summed E-state index contributed by atoms with van der Waals surface area (Å²) in [6, 6.07) is 8.78. The number of anilines is 1. The Hall–Kier alpha value is -2.56. The van der Waals surface area contributed by atoms with Crippen LogP contribution in [-0.4, -0.2) is 24.7 Å². The lowest BCUT2D eigenvalue weighted by molar-refractivity contribution is 0.0510. The lowest BCUT2D eigenvalue weighted by Gasteiger charge is -2.09. The van der Waals surface area contributed by atoms with Gasteiger partial charge in [0.05, 0.1) is 25.0 Å². The van der Waals surface area contributed by atoms with E-state index in [0.717, 1.165) is 5.56 Å². The van der Waals surface area contributed by atoms with Gasteiger partial charge in [-0.25, -0.2) is 4.79 Å². The van der Waals surface area contributed by atoms with E-state index in [1.165, 1.54) is 7.11 Å². The quantitative estimate of drug-likeness (QED) is 0.666. The van der Waals surface area contributed by atoms with Gasteiger partial charge in [-0.1, -0.05) is 6.07 Å². The monoisotopic (exact) mass is 272 g/mol. The maximum atomic E-state index is 12.0. The van der Waals surface area contributed by atoms with Crippen molar-refractivity contribution in [3.05, 3.63) is 53.9 Å². The number of nitrogen functional groups attached to an aromatic ring is 1. The van der Waals surface area contributed by atoms with Gasteiger partial charge in [0, 0.05) is 18.8 Å². The van der Waals surface area contributed by atoms with Gasteiger partial charge in [0.2, 0.25) is 0 Å². The molecule has 20 heavy (non-hydrogen) atoms. The molecule has 5 nitrogen and oxygen atoms in total. The zero-order chi connectivity index (χ0) is 14.4. The number of nitrogens with two attached hydrogens (primary N) is 1. The number of rotatable bonds is 5. The third-order valence-corrected chi connectivity index (χ3v) is 2.88.